The number of carboxylic acid groups (broad SMARTS) is 1. The van der Waals surface area contributed by atoms with E-state index in [-0.39, 0.29) is 23.7 Å². The predicted molar refractivity (Wildman–Crippen MR) is 86.4 cm³/mol. The Hall–Kier alpha value is -1.32. The standard InChI is InChI=1S/C14H18BrNO6S/c1-21-11-8-13(12(22-2)7-10(11)15)23(19,20)16-5-3-9(4-6-16)14(17)18/h7-9H,3-6H2,1-2H3,(H,17,18). The number of aliphatic carboxylic acids is 1. The van der Waals surface area contributed by atoms with Crippen LogP contribution in [-0.2, 0) is 14.8 Å². The number of ether oxygens (including phenoxy) is 2. The van der Waals surface area contributed by atoms with Gasteiger partial charge in [-0.3, -0.25) is 4.79 Å². The highest BCUT2D eigenvalue weighted by atomic mass is 79.9. The van der Waals surface area contributed by atoms with Crippen LogP contribution in [0.25, 0.3) is 0 Å². The van der Waals surface area contributed by atoms with Gasteiger partial charge in [-0.1, -0.05) is 0 Å². The summed E-state index contributed by atoms with van der Waals surface area (Å²) in [4.78, 5) is 11.0. The van der Waals surface area contributed by atoms with Crippen molar-refractivity contribution in [2.24, 2.45) is 5.92 Å². The van der Waals surface area contributed by atoms with Crippen molar-refractivity contribution in [2.45, 2.75) is 17.7 Å². The average Bonchev–Trinajstić information content (AvgIpc) is 2.54. The van der Waals surface area contributed by atoms with Crippen LogP contribution >= 0.6 is 15.9 Å². The van der Waals surface area contributed by atoms with E-state index in [4.69, 9.17) is 14.6 Å². The fourth-order valence-electron chi connectivity index (χ4n) is 2.52. The molecule has 0 aromatic heterocycles. The van der Waals surface area contributed by atoms with Crippen LogP contribution in [0.2, 0.25) is 0 Å². The number of nitrogens with zero attached hydrogens (tertiary/aromatic N) is 1. The van der Waals surface area contributed by atoms with Crippen molar-refractivity contribution in [3.05, 3.63) is 16.6 Å². The van der Waals surface area contributed by atoms with Gasteiger partial charge in [-0.05, 0) is 34.8 Å². The Kier molecular flexibility index (Phi) is 5.53. The van der Waals surface area contributed by atoms with Gasteiger partial charge >= 0.3 is 5.97 Å². The topological polar surface area (TPSA) is 93.1 Å². The molecule has 2 rings (SSSR count). The molecular formula is C14H18BrNO6S. The minimum Gasteiger partial charge on any atom is -0.496 e. The molecule has 0 atom stereocenters. The van der Waals surface area contributed by atoms with Gasteiger partial charge in [-0.25, -0.2) is 8.42 Å². The Bertz CT molecular complexity index is 697. The minimum atomic E-state index is -3.79. The average molecular weight is 408 g/mol. The van der Waals surface area contributed by atoms with Crippen LogP contribution < -0.4 is 9.47 Å². The number of carboxylic acids is 1. The third-order valence-electron chi connectivity index (χ3n) is 3.86. The normalized spacial score (nSPS) is 17.0. The first kappa shape index (κ1) is 18.0. The van der Waals surface area contributed by atoms with Crippen molar-refractivity contribution >= 4 is 31.9 Å². The third-order valence-corrected chi connectivity index (χ3v) is 6.40. The second-order valence-corrected chi connectivity index (χ2v) is 7.91. The van der Waals surface area contributed by atoms with Crippen LogP contribution in [0.5, 0.6) is 11.5 Å². The fourth-order valence-corrected chi connectivity index (χ4v) is 4.62. The first-order valence-electron chi connectivity index (χ1n) is 6.95. The quantitative estimate of drug-likeness (QED) is 0.801. The molecule has 0 aliphatic carbocycles. The summed E-state index contributed by atoms with van der Waals surface area (Å²) < 4.78 is 37.9. The molecule has 0 saturated carbocycles. The Balaban J connectivity index is 2.35. The monoisotopic (exact) mass is 407 g/mol. The van der Waals surface area contributed by atoms with Crippen LogP contribution in [-0.4, -0.2) is 51.1 Å². The van der Waals surface area contributed by atoms with Crippen molar-refractivity contribution in [3.8, 4) is 11.5 Å². The zero-order valence-electron chi connectivity index (χ0n) is 12.8. The molecule has 1 fully saturated rings. The van der Waals surface area contributed by atoms with Gasteiger partial charge in [0.15, 0.2) is 0 Å². The number of hydrogen-bond acceptors (Lipinski definition) is 5. The third kappa shape index (κ3) is 3.61. The fraction of sp³-hybridized carbons (Fsp3) is 0.500. The van der Waals surface area contributed by atoms with Gasteiger partial charge in [-0.15, -0.1) is 0 Å². The van der Waals surface area contributed by atoms with Gasteiger partial charge in [0.05, 0.1) is 24.6 Å². The number of sulfonamides is 1. The molecule has 23 heavy (non-hydrogen) atoms. The lowest BCUT2D eigenvalue weighted by Crippen LogP contribution is -2.40. The Morgan fingerprint density at radius 1 is 1.22 bits per heavy atom. The van der Waals surface area contributed by atoms with E-state index < -0.39 is 21.9 Å². The highest BCUT2D eigenvalue weighted by molar-refractivity contribution is 9.10. The molecule has 0 unspecified atom stereocenters. The maximum atomic E-state index is 12.9. The lowest BCUT2D eigenvalue weighted by molar-refractivity contribution is -0.142. The summed E-state index contributed by atoms with van der Waals surface area (Å²) in [5, 5.41) is 9.02. The van der Waals surface area contributed by atoms with Gasteiger partial charge in [0, 0.05) is 19.2 Å². The molecule has 1 aliphatic rings. The summed E-state index contributed by atoms with van der Waals surface area (Å²) in [5.41, 5.74) is 0. The molecule has 0 bridgehead atoms. The van der Waals surface area contributed by atoms with Gasteiger partial charge in [0.25, 0.3) is 0 Å². The van der Waals surface area contributed by atoms with Crippen molar-refractivity contribution in [2.75, 3.05) is 27.3 Å². The molecule has 0 spiro atoms. The van der Waals surface area contributed by atoms with Crippen molar-refractivity contribution in [1.82, 2.24) is 4.31 Å². The maximum absolute atomic E-state index is 12.9. The van der Waals surface area contributed by atoms with E-state index in [0.717, 1.165) is 0 Å². The van der Waals surface area contributed by atoms with E-state index >= 15 is 0 Å². The Labute approximate surface area is 143 Å². The molecule has 1 N–H and O–H groups in total. The maximum Gasteiger partial charge on any atom is 0.306 e. The van der Waals surface area contributed by atoms with Gasteiger partial charge in [-0.2, -0.15) is 4.31 Å². The Morgan fingerprint density at radius 2 is 1.78 bits per heavy atom. The molecular weight excluding hydrogens is 390 g/mol. The smallest absolute Gasteiger partial charge is 0.306 e. The van der Waals surface area contributed by atoms with Crippen molar-refractivity contribution < 1.29 is 27.8 Å². The first-order chi connectivity index (χ1) is 10.8. The number of hydrogen-bond donors (Lipinski definition) is 1. The van der Waals surface area contributed by atoms with Crippen LogP contribution in [0.4, 0.5) is 0 Å². The van der Waals surface area contributed by atoms with Gasteiger partial charge in [0.1, 0.15) is 16.4 Å². The van der Waals surface area contributed by atoms with Crippen LogP contribution in [0, 0.1) is 5.92 Å². The Morgan fingerprint density at radius 3 is 2.26 bits per heavy atom. The zero-order chi connectivity index (χ0) is 17.2. The van der Waals surface area contributed by atoms with E-state index in [1.807, 2.05) is 0 Å². The van der Waals surface area contributed by atoms with E-state index in [9.17, 15) is 13.2 Å². The molecule has 0 amide bonds. The molecule has 1 heterocycles. The van der Waals surface area contributed by atoms with Crippen LogP contribution in [0.3, 0.4) is 0 Å². The second-order valence-electron chi connectivity index (χ2n) is 5.15. The second kappa shape index (κ2) is 7.06. The van der Waals surface area contributed by atoms with Crippen LogP contribution in [0.15, 0.2) is 21.5 Å². The summed E-state index contributed by atoms with van der Waals surface area (Å²) in [6.45, 7) is 0.335. The number of benzene rings is 1. The molecule has 1 aromatic rings. The van der Waals surface area contributed by atoms with Gasteiger partial charge in [0.2, 0.25) is 10.0 Å². The van der Waals surface area contributed by atoms with Crippen LogP contribution in [0.1, 0.15) is 12.8 Å². The molecule has 128 valence electrons. The zero-order valence-corrected chi connectivity index (χ0v) is 15.2. The minimum absolute atomic E-state index is 0.00817. The summed E-state index contributed by atoms with van der Waals surface area (Å²) in [6, 6.07) is 2.94. The predicted octanol–water partition coefficient (Wildman–Crippen LogP) is 1.95. The van der Waals surface area contributed by atoms with Crippen molar-refractivity contribution in [1.29, 1.82) is 0 Å². The molecule has 7 nitrogen and oxygen atoms in total. The molecule has 9 heteroatoms. The summed E-state index contributed by atoms with van der Waals surface area (Å²) in [6.07, 6.45) is 0.592. The molecule has 0 radical (unpaired) electrons. The molecule has 1 saturated heterocycles. The SMILES string of the molecule is COc1cc(S(=O)(=O)N2CCC(C(=O)O)CC2)c(OC)cc1Br. The highest BCUT2D eigenvalue weighted by Gasteiger charge is 2.34. The number of rotatable bonds is 5. The number of methoxy groups -OCH3 is 2. The lowest BCUT2D eigenvalue weighted by atomic mass is 9.99. The van der Waals surface area contributed by atoms with E-state index in [0.29, 0.717) is 23.1 Å². The number of carbonyl (C=O) groups is 1. The number of halogens is 1. The highest BCUT2D eigenvalue weighted by Crippen LogP contribution is 2.37. The summed E-state index contributed by atoms with van der Waals surface area (Å²) >= 11 is 3.29. The molecule has 1 aromatic carbocycles. The van der Waals surface area contributed by atoms with E-state index in [2.05, 4.69) is 15.9 Å². The van der Waals surface area contributed by atoms with Gasteiger partial charge < -0.3 is 14.6 Å². The molecule has 1 aliphatic heterocycles. The lowest BCUT2D eigenvalue weighted by Gasteiger charge is -2.29. The largest absolute Gasteiger partial charge is 0.496 e. The summed E-state index contributed by atoms with van der Waals surface area (Å²) in [5.74, 6) is -0.796. The number of piperidine rings is 1. The van der Waals surface area contributed by atoms with Crippen molar-refractivity contribution in [3.63, 3.8) is 0 Å². The first-order valence-corrected chi connectivity index (χ1v) is 9.19. The summed E-state index contributed by atoms with van der Waals surface area (Å²) in [7, 11) is -0.950. The van der Waals surface area contributed by atoms with E-state index in [1.165, 1.54) is 30.7 Å². The van der Waals surface area contributed by atoms with E-state index in [1.54, 1.807) is 0 Å².